The number of hydrogen-bond donors (Lipinski definition) is 2. The van der Waals surface area contributed by atoms with Gasteiger partial charge in [-0.1, -0.05) is 24.3 Å². The smallest absolute Gasteiger partial charge is 0.246 e. The number of aryl methyl sites for hydroxylation is 2. The zero-order valence-corrected chi connectivity index (χ0v) is 12.6. The van der Waals surface area contributed by atoms with Gasteiger partial charge in [-0.2, -0.15) is 5.10 Å². The van der Waals surface area contributed by atoms with E-state index in [0.29, 0.717) is 0 Å². The number of hydrogen-bond acceptors (Lipinski definition) is 4. The fraction of sp³-hybridized carbons (Fsp3) is 0.357. The Balaban J connectivity index is 1.92. The summed E-state index contributed by atoms with van der Waals surface area (Å²) in [6, 6.07) is 7.74. The normalized spacial score (nSPS) is 18.4. The van der Waals surface area contributed by atoms with E-state index in [9.17, 15) is 8.42 Å². The molecule has 1 unspecified atom stereocenters. The van der Waals surface area contributed by atoms with Gasteiger partial charge in [0, 0.05) is 19.3 Å². The summed E-state index contributed by atoms with van der Waals surface area (Å²) in [5.74, 6) is 0.0223. The minimum atomic E-state index is -3.67. The number of nitrogen functional groups attached to an aromatic ring is 1. The quantitative estimate of drug-likeness (QED) is 0.896. The molecule has 0 amide bonds. The summed E-state index contributed by atoms with van der Waals surface area (Å²) in [5.41, 5.74) is 7.93. The van der Waals surface area contributed by atoms with E-state index in [-0.39, 0.29) is 16.8 Å². The SMILES string of the molecule is Cn1cc(S(=O)(=O)NC2CCCc3ccccc32)c(N)n1. The number of fused-ring (bicyclic) bond motifs is 1. The number of nitrogens with zero attached hydrogens (tertiary/aromatic N) is 2. The Labute approximate surface area is 124 Å². The maximum absolute atomic E-state index is 12.5. The van der Waals surface area contributed by atoms with Crippen LogP contribution in [0.15, 0.2) is 35.4 Å². The first-order chi connectivity index (χ1) is 9.97. The summed E-state index contributed by atoms with van der Waals surface area (Å²) < 4.78 is 29.2. The number of nitrogens with two attached hydrogens (primary N) is 1. The highest BCUT2D eigenvalue weighted by Gasteiger charge is 2.28. The summed E-state index contributed by atoms with van der Waals surface area (Å²) in [6.07, 6.45) is 4.17. The third-order valence-corrected chi connectivity index (χ3v) is 5.27. The molecule has 0 radical (unpaired) electrons. The van der Waals surface area contributed by atoms with Crippen molar-refractivity contribution in [3.05, 3.63) is 41.6 Å². The fourth-order valence-electron chi connectivity index (χ4n) is 2.82. The van der Waals surface area contributed by atoms with Crippen LogP contribution in [0.2, 0.25) is 0 Å². The lowest BCUT2D eigenvalue weighted by Gasteiger charge is -2.26. The van der Waals surface area contributed by atoms with Gasteiger partial charge >= 0.3 is 0 Å². The molecule has 2 aromatic rings. The summed E-state index contributed by atoms with van der Waals surface area (Å²) >= 11 is 0. The molecule has 1 aromatic heterocycles. The highest BCUT2D eigenvalue weighted by Crippen LogP contribution is 2.31. The standard InChI is InChI=1S/C14H18N4O2S/c1-18-9-13(14(15)16-18)21(19,20)17-12-8-4-6-10-5-2-3-7-11(10)12/h2-3,5,7,9,12,17H,4,6,8H2,1H3,(H2,15,16). The molecule has 1 aliphatic rings. The summed E-state index contributed by atoms with van der Waals surface area (Å²) in [7, 11) is -2.03. The lowest BCUT2D eigenvalue weighted by molar-refractivity contribution is 0.507. The molecule has 0 saturated carbocycles. The number of aromatic nitrogens is 2. The first kappa shape index (κ1) is 14.1. The Morgan fingerprint density at radius 2 is 2.14 bits per heavy atom. The van der Waals surface area contributed by atoms with Gasteiger partial charge in [-0.15, -0.1) is 0 Å². The van der Waals surface area contributed by atoms with E-state index >= 15 is 0 Å². The first-order valence-electron chi connectivity index (χ1n) is 6.86. The molecule has 1 aromatic carbocycles. The van der Waals surface area contributed by atoms with Crippen molar-refractivity contribution in [2.24, 2.45) is 7.05 Å². The van der Waals surface area contributed by atoms with Crippen molar-refractivity contribution >= 4 is 15.8 Å². The molecule has 1 heterocycles. The average Bonchev–Trinajstić information content (AvgIpc) is 2.79. The molecule has 112 valence electrons. The molecule has 0 bridgehead atoms. The number of sulfonamides is 1. The molecule has 6 nitrogen and oxygen atoms in total. The van der Waals surface area contributed by atoms with Crippen molar-refractivity contribution in [1.82, 2.24) is 14.5 Å². The fourth-order valence-corrected chi connectivity index (χ4v) is 4.17. The molecule has 1 aliphatic carbocycles. The van der Waals surface area contributed by atoms with Crippen molar-refractivity contribution in [3.8, 4) is 0 Å². The zero-order valence-electron chi connectivity index (χ0n) is 11.8. The van der Waals surface area contributed by atoms with Crippen molar-refractivity contribution in [2.75, 3.05) is 5.73 Å². The molecule has 7 heteroatoms. The molecular formula is C14H18N4O2S. The van der Waals surface area contributed by atoms with Crippen LogP contribution in [0.3, 0.4) is 0 Å². The predicted octanol–water partition coefficient (Wildman–Crippen LogP) is 1.36. The largest absolute Gasteiger partial charge is 0.381 e. The van der Waals surface area contributed by atoms with Gasteiger partial charge in [-0.05, 0) is 30.4 Å². The third kappa shape index (κ3) is 2.66. The highest BCUT2D eigenvalue weighted by atomic mass is 32.2. The Kier molecular flexibility index (Phi) is 3.46. The molecule has 1 atom stereocenters. The minimum absolute atomic E-state index is 0.0223. The summed E-state index contributed by atoms with van der Waals surface area (Å²) in [5, 5.41) is 3.89. The van der Waals surface area contributed by atoms with Gasteiger partial charge in [0.1, 0.15) is 4.90 Å². The van der Waals surface area contributed by atoms with Gasteiger partial charge in [-0.3, -0.25) is 4.68 Å². The van der Waals surface area contributed by atoms with Gasteiger partial charge in [0.15, 0.2) is 5.82 Å². The first-order valence-corrected chi connectivity index (χ1v) is 8.35. The lowest BCUT2D eigenvalue weighted by atomic mass is 9.88. The van der Waals surface area contributed by atoms with Crippen LogP contribution in [-0.2, 0) is 23.5 Å². The Morgan fingerprint density at radius 1 is 1.38 bits per heavy atom. The molecule has 21 heavy (non-hydrogen) atoms. The third-order valence-electron chi connectivity index (χ3n) is 3.78. The number of rotatable bonds is 3. The van der Waals surface area contributed by atoms with Gasteiger partial charge in [0.2, 0.25) is 10.0 Å². The summed E-state index contributed by atoms with van der Waals surface area (Å²) in [4.78, 5) is 0.0352. The van der Waals surface area contributed by atoms with E-state index in [0.717, 1.165) is 24.8 Å². The topological polar surface area (TPSA) is 90.0 Å². The second-order valence-corrected chi connectivity index (χ2v) is 7.00. The number of anilines is 1. The van der Waals surface area contributed by atoms with E-state index in [1.165, 1.54) is 16.4 Å². The Morgan fingerprint density at radius 3 is 2.86 bits per heavy atom. The maximum atomic E-state index is 12.5. The number of nitrogens with one attached hydrogen (secondary N) is 1. The zero-order chi connectivity index (χ0) is 15.0. The van der Waals surface area contributed by atoms with Crippen LogP contribution in [0.5, 0.6) is 0 Å². The van der Waals surface area contributed by atoms with Gasteiger partial charge < -0.3 is 5.73 Å². The van der Waals surface area contributed by atoms with Crippen LogP contribution >= 0.6 is 0 Å². The molecule has 0 aliphatic heterocycles. The van der Waals surface area contributed by atoms with E-state index in [4.69, 9.17) is 5.73 Å². The van der Waals surface area contributed by atoms with E-state index in [1.807, 2.05) is 24.3 Å². The molecule has 3 rings (SSSR count). The van der Waals surface area contributed by atoms with Crippen LogP contribution in [0.25, 0.3) is 0 Å². The van der Waals surface area contributed by atoms with Crippen LogP contribution in [0, 0.1) is 0 Å². The maximum Gasteiger partial charge on any atom is 0.246 e. The van der Waals surface area contributed by atoms with Crippen molar-refractivity contribution < 1.29 is 8.42 Å². The second kappa shape index (κ2) is 5.16. The van der Waals surface area contributed by atoms with Gasteiger partial charge in [0.25, 0.3) is 0 Å². The second-order valence-electron chi connectivity index (χ2n) is 5.32. The Hall–Kier alpha value is -1.86. The number of benzene rings is 1. The lowest BCUT2D eigenvalue weighted by Crippen LogP contribution is -2.31. The van der Waals surface area contributed by atoms with Crippen LogP contribution in [0.1, 0.15) is 30.0 Å². The van der Waals surface area contributed by atoms with Gasteiger partial charge in [-0.25, -0.2) is 13.1 Å². The van der Waals surface area contributed by atoms with Crippen LogP contribution in [0.4, 0.5) is 5.82 Å². The molecule has 3 N–H and O–H groups in total. The van der Waals surface area contributed by atoms with Crippen molar-refractivity contribution in [3.63, 3.8) is 0 Å². The molecule has 0 fully saturated rings. The van der Waals surface area contributed by atoms with E-state index in [1.54, 1.807) is 7.05 Å². The van der Waals surface area contributed by atoms with E-state index < -0.39 is 10.0 Å². The van der Waals surface area contributed by atoms with Gasteiger partial charge in [0.05, 0.1) is 0 Å². The Bertz CT molecular complexity index is 767. The molecule has 0 saturated heterocycles. The summed E-state index contributed by atoms with van der Waals surface area (Å²) in [6.45, 7) is 0. The van der Waals surface area contributed by atoms with Crippen LogP contribution < -0.4 is 10.5 Å². The monoisotopic (exact) mass is 306 g/mol. The molecular weight excluding hydrogens is 288 g/mol. The van der Waals surface area contributed by atoms with E-state index in [2.05, 4.69) is 9.82 Å². The predicted molar refractivity (Wildman–Crippen MR) is 80.1 cm³/mol. The highest BCUT2D eigenvalue weighted by molar-refractivity contribution is 7.89. The van der Waals surface area contributed by atoms with Crippen LogP contribution in [-0.4, -0.2) is 18.2 Å². The van der Waals surface area contributed by atoms with Crippen molar-refractivity contribution in [1.29, 1.82) is 0 Å². The molecule has 0 spiro atoms. The average molecular weight is 306 g/mol. The minimum Gasteiger partial charge on any atom is -0.381 e. The van der Waals surface area contributed by atoms with Crippen molar-refractivity contribution in [2.45, 2.75) is 30.2 Å².